The summed E-state index contributed by atoms with van der Waals surface area (Å²) in [6, 6.07) is 12.6. The lowest BCUT2D eigenvalue weighted by atomic mass is 10.0. The van der Waals surface area contributed by atoms with E-state index in [0.29, 0.717) is 23.6 Å². The van der Waals surface area contributed by atoms with Crippen LogP contribution in [0.15, 0.2) is 53.2 Å². The van der Waals surface area contributed by atoms with Gasteiger partial charge in [0.15, 0.2) is 0 Å². The molecule has 4 rings (SSSR count). The molecule has 6 nitrogen and oxygen atoms in total. The molecule has 0 saturated heterocycles. The summed E-state index contributed by atoms with van der Waals surface area (Å²) in [5.74, 6) is 0.878. The maximum atomic E-state index is 13.8. The number of carbonyl (C=O) groups excluding carboxylic acids is 2. The molecule has 3 aromatic rings. The van der Waals surface area contributed by atoms with Crippen LogP contribution in [0, 0.1) is 0 Å². The fourth-order valence-corrected chi connectivity index (χ4v) is 5.80. The lowest BCUT2D eigenvalue weighted by molar-refractivity contribution is -0.141. The van der Waals surface area contributed by atoms with Crippen molar-refractivity contribution in [1.29, 1.82) is 0 Å². The first-order valence-electron chi connectivity index (χ1n) is 11.5. The molecule has 1 aliphatic rings. The predicted molar refractivity (Wildman–Crippen MR) is 136 cm³/mol. The Morgan fingerprint density at radius 1 is 1.03 bits per heavy atom. The summed E-state index contributed by atoms with van der Waals surface area (Å²) in [5, 5.41) is 7.16. The van der Waals surface area contributed by atoms with E-state index in [1.54, 1.807) is 53.9 Å². The maximum absolute atomic E-state index is 13.8. The Labute approximate surface area is 208 Å². The van der Waals surface area contributed by atoms with Crippen LogP contribution in [0.25, 0.3) is 0 Å². The van der Waals surface area contributed by atoms with Crippen molar-refractivity contribution in [3.8, 4) is 11.5 Å². The molecule has 8 heteroatoms. The SMILES string of the molecule is COc1ccc(C(C(=O)NC2CCCC2)N(Cc2cccs2)C(=O)Cc2cccs2)c(OC)c1. The highest BCUT2D eigenvalue weighted by molar-refractivity contribution is 7.10. The van der Waals surface area contributed by atoms with Crippen LogP contribution in [0.4, 0.5) is 0 Å². The third-order valence-electron chi connectivity index (χ3n) is 6.13. The second-order valence-corrected chi connectivity index (χ2v) is 10.4. The van der Waals surface area contributed by atoms with Crippen molar-refractivity contribution >= 4 is 34.5 Å². The quantitative estimate of drug-likeness (QED) is 0.417. The lowest BCUT2D eigenvalue weighted by Crippen LogP contribution is -2.46. The summed E-state index contributed by atoms with van der Waals surface area (Å²) in [4.78, 5) is 31.2. The predicted octanol–water partition coefficient (Wildman–Crippen LogP) is 5.20. The Morgan fingerprint density at radius 3 is 2.35 bits per heavy atom. The first kappa shape index (κ1) is 24.3. The number of thiophene rings is 2. The number of benzene rings is 1. The molecule has 1 unspecified atom stereocenters. The Morgan fingerprint density at radius 2 is 1.74 bits per heavy atom. The molecule has 34 heavy (non-hydrogen) atoms. The van der Waals surface area contributed by atoms with Gasteiger partial charge < -0.3 is 19.7 Å². The zero-order valence-corrected chi connectivity index (χ0v) is 21.1. The van der Waals surface area contributed by atoms with Gasteiger partial charge in [0.1, 0.15) is 17.5 Å². The zero-order chi connectivity index (χ0) is 23.9. The van der Waals surface area contributed by atoms with Gasteiger partial charge in [-0.3, -0.25) is 9.59 Å². The van der Waals surface area contributed by atoms with Gasteiger partial charge in [0.2, 0.25) is 11.8 Å². The first-order valence-corrected chi connectivity index (χ1v) is 13.2. The fourth-order valence-electron chi connectivity index (χ4n) is 4.40. The molecule has 1 aliphatic carbocycles. The molecule has 0 aliphatic heterocycles. The molecule has 2 amide bonds. The number of nitrogens with one attached hydrogen (secondary N) is 1. The minimum Gasteiger partial charge on any atom is -0.497 e. The van der Waals surface area contributed by atoms with Gasteiger partial charge >= 0.3 is 0 Å². The van der Waals surface area contributed by atoms with Crippen molar-refractivity contribution in [2.24, 2.45) is 0 Å². The maximum Gasteiger partial charge on any atom is 0.247 e. The molecule has 1 atom stereocenters. The Balaban J connectivity index is 1.74. The molecule has 2 aromatic heterocycles. The van der Waals surface area contributed by atoms with E-state index in [1.165, 1.54) is 0 Å². The number of rotatable bonds is 10. The van der Waals surface area contributed by atoms with Gasteiger partial charge in [-0.2, -0.15) is 0 Å². The van der Waals surface area contributed by atoms with Crippen LogP contribution < -0.4 is 14.8 Å². The van der Waals surface area contributed by atoms with Gasteiger partial charge in [0.05, 0.1) is 27.2 Å². The average Bonchev–Trinajstić information content (AvgIpc) is 3.63. The van der Waals surface area contributed by atoms with Crippen molar-refractivity contribution in [2.45, 2.75) is 50.7 Å². The second kappa shape index (κ2) is 11.5. The average molecular weight is 499 g/mol. The summed E-state index contributed by atoms with van der Waals surface area (Å²) < 4.78 is 11.0. The van der Waals surface area contributed by atoms with E-state index in [1.807, 2.05) is 41.1 Å². The van der Waals surface area contributed by atoms with Gasteiger partial charge in [-0.15, -0.1) is 22.7 Å². The van der Waals surface area contributed by atoms with Gasteiger partial charge in [-0.1, -0.05) is 25.0 Å². The van der Waals surface area contributed by atoms with Crippen molar-refractivity contribution in [3.05, 3.63) is 68.5 Å². The Bertz CT molecular complexity index is 1080. The Kier molecular flexibility index (Phi) is 8.24. The third kappa shape index (κ3) is 5.80. The molecule has 0 spiro atoms. The molecule has 1 N–H and O–H groups in total. The highest BCUT2D eigenvalue weighted by Crippen LogP contribution is 2.35. The third-order valence-corrected chi connectivity index (χ3v) is 7.87. The van der Waals surface area contributed by atoms with Crippen LogP contribution in [-0.2, 0) is 22.6 Å². The first-order chi connectivity index (χ1) is 16.6. The fraction of sp³-hybridized carbons (Fsp3) is 0.385. The molecule has 2 heterocycles. The van der Waals surface area contributed by atoms with Gasteiger partial charge in [0.25, 0.3) is 0 Å². The number of hydrogen-bond donors (Lipinski definition) is 1. The molecule has 0 radical (unpaired) electrons. The standard InChI is InChI=1S/C26H30N2O4S2/c1-31-19-11-12-22(23(15-19)32-2)25(26(30)27-18-7-3-4-8-18)28(17-21-10-6-14-34-21)24(29)16-20-9-5-13-33-20/h5-6,9-15,18,25H,3-4,7-8,16-17H2,1-2H3,(H,27,30). The van der Waals surface area contributed by atoms with E-state index >= 15 is 0 Å². The van der Waals surface area contributed by atoms with E-state index in [2.05, 4.69) is 5.32 Å². The smallest absolute Gasteiger partial charge is 0.247 e. The summed E-state index contributed by atoms with van der Waals surface area (Å²) in [5.41, 5.74) is 0.648. The zero-order valence-electron chi connectivity index (χ0n) is 19.5. The molecule has 0 bridgehead atoms. The minimum absolute atomic E-state index is 0.0970. The summed E-state index contributed by atoms with van der Waals surface area (Å²) in [6.45, 7) is 0.347. The number of ether oxygens (including phenoxy) is 2. The summed E-state index contributed by atoms with van der Waals surface area (Å²) in [6.07, 6.45) is 4.39. The van der Waals surface area contributed by atoms with Gasteiger partial charge in [-0.05, 0) is 47.9 Å². The lowest BCUT2D eigenvalue weighted by Gasteiger charge is -2.33. The normalized spacial score (nSPS) is 14.5. The highest BCUT2D eigenvalue weighted by Gasteiger charge is 2.35. The van der Waals surface area contributed by atoms with Crippen LogP contribution >= 0.6 is 22.7 Å². The summed E-state index contributed by atoms with van der Waals surface area (Å²) in [7, 11) is 3.16. The van der Waals surface area contributed by atoms with Gasteiger partial charge in [-0.25, -0.2) is 0 Å². The van der Waals surface area contributed by atoms with Crippen molar-refractivity contribution in [3.63, 3.8) is 0 Å². The topological polar surface area (TPSA) is 67.9 Å². The van der Waals surface area contributed by atoms with Crippen LogP contribution in [0.3, 0.4) is 0 Å². The second-order valence-electron chi connectivity index (χ2n) is 8.36. The Hall–Kier alpha value is -2.84. The van der Waals surface area contributed by atoms with E-state index in [4.69, 9.17) is 9.47 Å². The number of hydrogen-bond acceptors (Lipinski definition) is 6. The number of amides is 2. The van der Waals surface area contributed by atoms with Crippen molar-refractivity contribution in [1.82, 2.24) is 10.2 Å². The monoisotopic (exact) mass is 498 g/mol. The number of methoxy groups -OCH3 is 2. The molecular formula is C26H30N2O4S2. The van der Waals surface area contributed by atoms with Gasteiger partial charge in [0, 0.05) is 27.4 Å². The molecule has 180 valence electrons. The van der Waals surface area contributed by atoms with Crippen LogP contribution in [0.5, 0.6) is 11.5 Å². The van der Waals surface area contributed by atoms with Crippen molar-refractivity contribution < 1.29 is 19.1 Å². The van der Waals surface area contributed by atoms with E-state index in [-0.39, 0.29) is 24.3 Å². The van der Waals surface area contributed by atoms with Crippen molar-refractivity contribution in [2.75, 3.05) is 14.2 Å². The molecule has 1 aromatic carbocycles. The summed E-state index contributed by atoms with van der Waals surface area (Å²) >= 11 is 3.12. The molecular weight excluding hydrogens is 468 g/mol. The minimum atomic E-state index is -0.823. The molecule has 1 fully saturated rings. The molecule has 1 saturated carbocycles. The highest BCUT2D eigenvalue weighted by atomic mass is 32.1. The van der Waals surface area contributed by atoms with E-state index in [0.717, 1.165) is 35.4 Å². The number of nitrogens with zero attached hydrogens (tertiary/aromatic N) is 1. The van der Waals surface area contributed by atoms with E-state index in [9.17, 15) is 9.59 Å². The number of carbonyl (C=O) groups is 2. The van der Waals surface area contributed by atoms with E-state index < -0.39 is 6.04 Å². The van der Waals surface area contributed by atoms with Crippen LogP contribution in [0.2, 0.25) is 0 Å². The van der Waals surface area contributed by atoms with Crippen LogP contribution in [0.1, 0.15) is 47.0 Å². The van der Waals surface area contributed by atoms with Crippen LogP contribution in [-0.4, -0.2) is 37.0 Å². The largest absolute Gasteiger partial charge is 0.497 e.